The molecule has 0 spiro atoms. The quantitative estimate of drug-likeness (QED) is 0.0759. The van der Waals surface area contributed by atoms with Gasteiger partial charge in [0.25, 0.3) is 0 Å². The number of nitrogens with one attached hydrogen (secondary N) is 4. The Balaban J connectivity index is 0.000000242. The highest BCUT2D eigenvalue weighted by Gasteiger charge is 2.33. The molecule has 1 fully saturated rings. The predicted octanol–water partition coefficient (Wildman–Crippen LogP) is 5.11. The molecule has 17 nitrogen and oxygen atoms in total. The number of carbonyl (C=O) groups is 6. The molecule has 358 valence electrons. The van der Waals surface area contributed by atoms with E-state index >= 15 is 0 Å². The fraction of sp³-hybridized carbons (Fsp3) is 0.400. The molecule has 2 aliphatic carbocycles. The first kappa shape index (κ1) is 51.2. The van der Waals surface area contributed by atoms with Gasteiger partial charge in [0, 0.05) is 45.2 Å². The number of carbonyl (C=O) groups excluding carboxylic acids is 5. The average Bonchev–Trinajstić information content (AvgIpc) is 3.84. The Labute approximate surface area is 391 Å². The first-order chi connectivity index (χ1) is 32.5. The van der Waals surface area contributed by atoms with E-state index in [4.69, 9.17) is 18.9 Å². The largest absolute Gasteiger partial charge is 0.480 e. The second-order valence-electron chi connectivity index (χ2n) is 15.7. The SMILES string of the molecule is CCOCCCNC(=O)CC(NC(=O)OCC1c2ccccc2-c2ccccc21)C(=O)O.CN.CNC(=O)C(CC(=O)N1CCCOC1C)NC(=O)OCC1c2ccccc2-c2ccccc21. The van der Waals surface area contributed by atoms with Crippen LogP contribution in [-0.2, 0) is 38.1 Å². The highest BCUT2D eigenvalue weighted by Crippen LogP contribution is 2.45. The number of hydrogen-bond acceptors (Lipinski definition) is 11. The zero-order valence-electron chi connectivity index (χ0n) is 38.5. The van der Waals surface area contributed by atoms with Crippen molar-refractivity contribution in [2.24, 2.45) is 5.73 Å². The van der Waals surface area contributed by atoms with Gasteiger partial charge in [-0.05, 0) is 78.2 Å². The summed E-state index contributed by atoms with van der Waals surface area (Å²) in [5, 5.41) is 19.4. The van der Waals surface area contributed by atoms with E-state index in [2.05, 4.69) is 39.1 Å². The monoisotopic (exact) mass is 922 g/mol. The van der Waals surface area contributed by atoms with Crippen molar-refractivity contribution in [1.82, 2.24) is 26.2 Å². The van der Waals surface area contributed by atoms with Crippen LogP contribution in [0.15, 0.2) is 97.1 Å². The molecule has 4 aromatic carbocycles. The number of aliphatic carboxylic acids is 1. The molecule has 3 atom stereocenters. The smallest absolute Gasteiger partial charge is 0.407 e. The van der Waals surface area contributed by atoms with Crippen LogP contribution in [0.5, 0.6) is 0 Å². The molecule has 0 aromatic heterocycles. The summed E-state index contributed by atoms with van der Waals surface area (Å²) in [6, 6.07) is 29.6. The number of fused-ring (bicyclic) bond motifs is 6. The molecule has 7 N–H and O–H groups in total. The predicted molar refractivity (Wildman–Crippen MR) is 251 cm³/mol. The summed E-state index contributed by atoms with van der Waals surface area (Å²) in [5.41, 5.74) is 13.3. The summed E-state index contributed by atoms with van der Waals surface area (Å²) in [5.74, 6) is -2.70. The van der Waals surface area contributed by atoms with Gasteiger partial charge in [0.05, 0.1) is 19.4 Å². The topological polar surface area (TPSA) is 237 Å². The lowest BCUT2D eigenvalue weighted by molar-refractivity contribution is -0.153. The number of nitrogens with zero attached hydrogens (tertiary/aromatic N) is 1. The third-order valence-electron chi connectivity index (χ3n) is 11.6. The molecule has 7 rings (SSSR count). The van der Waals surface area contributed by atoms with Gasteiger partial charge in [-0.25, -0.2) is 14.4 Å². The molecule has 5 amide bonds. The number of hydrogen-bond donors (Lipinski definition) is 6. The van der Waals surface area contributed by atoms with Gasteiger partial charge in [-0.2, -0.15) is 0 Å². The summed E-state index contributed by atoms with van der Waals surface area (Å²) in [6.07, 6.45) is -1.15. The molecule has 0 radical (unpaired) electrons. The van der Waals surface area contributed by atoms with Gasteiger partial charge in [-0.15, -0.1) is 0 Å². The molecule has 0 bridgehead atoms. The molecule has 1 heterocycles. The molecule has 1 saturated heterocycles. The van der Waals surface area contributed by atoms with Crippen molar-refractivity contribution in [3.63, 3.8) is 0 Å². The van der Waals surface area contributed by atoms with Crippen LogP contribution in [0.4, 0.5) is 9.59 Å². The van der Waals surface area contributed by atoms with Crippen LogP contribution in [0.3, 0.4) is 0 Å². The zero-order chi connectivity index (χ0) is 48.3. The Morgan fingerprint density at radius 1 is 0.731 bits per heavy atom. The van der Waals surface area contributed by atoms with Crippen LogP contribution < -0.4 is 27.0 Å². The van der Waals surface area contributed by atoms with Crippen molar-refractivity contribution in [2.75, 3.05) is 60.2 Å². The van der Waals surface area contributed by atoms with Gasteiger partial charge in [0.2, 0.25) is 17.7 Å². The maximum Gasteiger partial charge on any atom is 0.407 e. The van der Waals surface area contributed by atoms with E-state index in [1.54, 1.807) is 11.8 Å². The van der Waals surface area contributed by atoms with Gasteiger partial charge in [-0.1, -0.05) is 97.1 Å². The second-order valence-corrected chi connectivity index (χ2v) is 15.7. The number of ether oxygens (including phenoxy) is 4. The standard InChI is InChI=1S/C25H29N3O5.C24H28N2O6.CH5N/c1-16-28(12-7-13-32-16)23(29)14-22(24(30)26-2)27-25(31)33-15-21-19-10-5-3-8-17(19)18-9-4-6-11-20(18)21;1-2-31-13-7-12-25-22(27)14-21(23(28)29)26-24(30)32-15-20-18-10-5-3-8-16(18)17-9-4-6-11-19(17)20;1-2/h3-6,8-11,16,21-22H,7,12-15H2,1-2H3,(H,26,30)(H,27,31);3-6,8-11,20-21H,2,7,12-15H2,1H3,(H,25,27)(H,26,30)(H,28,29);2H2,1H3. The maximum atomic E-state index is 12.7. The molecule has 3 unspecified atom stereocenters. The van der Waals surface area contributed by atoms with Crippen LogP contribution >= 0.6 is 0 Å². The number of alkyl carbamates (subject to hydrolysis) is 2. The van der Waals surface area contributed by atoms with Crippen molar-refractivity contribution in [3.8, 4) is 22.3 Å². The fourth-order valence-electron chi connectivity index (χ4n) is 8.33. The number of carboxylic acid groups (broad SMARTS) is 1. The van der Waals surface area contributed by atoms with Gasteiger partial charge in [-0.3, -0.25) is 14.4 Å². The number of benzene rings is 4. The van der Waals surface area contributed by atoms with Gasteiger partial charge < -0.3 is 56.0 Å². The minimum atomic E-state index is -1.38. The van der Waals surface area contributed by atoms with Gasteiger partial charge in [0.1, 0.15) is 31.5 Å². The summed E-state index contributed by atoms with van der Waals surface area (Å²) in [4.78, 5) is 75.1. The highest BCUT2D eigenvalue weighted by atomic mass is 16.6. The van der Waals surface area contributed by atoms with Crippen molar-refractivity contribution in [2.45, 2.75) is 69.7 Å². The molecular weight excluding hydrogens is 861 g/mol. The lowest BCUT2D eigenvalue weighted by Gasteiger charge is -2.34. The summed E-state index contributed by atoms with van der Waals surface area (Å²) in [6.45, 7) is 6.51. The zero-order valence-corrected chi connectivity index (χ0v) is 38.5. The van der Waals surface area contributed by atoms with Crippen molar-refractivity contribution in [1.29, 1.82) is 0 Å². The van der Waals surface area contributed by atoms with Gasteiger partial charge in [0.15, 0.2) is 0 Å². The van der Waals surface area contributed by atoms with Crippen molar-refractivity contribution >= 4 is 35.9 Å². The van der Waals surface area contributed by atoms with Crippen LogP contribution in [0.2, 0.25) is 0 Å². The molecule has 1 aliphatic heterocycles. The van der Waals surface area contributed by atoms with Crippen molar-refractivity contribution < 1.29 is 52.8 Å². The average molecular weight is 923 g/mol. The van der Waals surface area contributed by atoms with E-state index in [-0.39, 0.29) is 50.0 Å². The summed E-state index contributed by atoms with van der Waals surface area (Å²) < 4.78 is 21.6. The Kier molecular flexibility index (Phi) is 19.7. The minimum absolute atomic E-state index is 0.0653. The molecule has 67 heavy (non-hydrogen) atoms. The summed E-state index contributed by atoms with van der Waals surface area (Å²) in [7, 11) is 2.96. The van der Waals surface area contributed by atoms with E-state index in [1.807, 2.05) is 91.9 Å². The molecule has 17 heteroatoms. The maximum absolute atomic E-state index is 12.7. The Morgan fingerprint density at radius 2 is 1.19 bits per heavy atom. The van der Waals surface area contributed by atoms with Crippen molar-refractivity contribution in [3.05, 3.63) is 119 Å². The number of likely N-dealkylation sites (N-methyl/N-ethyl adjacent to an activating group) is 1. The Morgan fingerprint density at radius 3 is 1.63 bits per heavy atom. The first-order valence-corrected chi connectivity index (χ1v) is 22.5. The Bertz CT molecular complexity index is 2230. The third-order valence-corrected chi connectivity index (χ3v) is 11.6. The van der Waals surface area contributed by atoms with E-state index in [0.717, 1.165) is 50.9 Å². The molecule has 4 aromatic rings. The van der Waals surface area contributed by atoms with Crippen LogP contribution in [0, 0.1) is 0 Å². The molecule has 0 saturated carbocycles. The van der Waals surface area contributed by atoms with E-state index < -0.39 is 42.1 Å². The molecular formula is C50H62N6O11. The number of amides is 5. The first-order valence-electron chi connectivity index (χ1n) is 22.5. The summed E-state index contributed by atoms with van der Waals surface area (Å²) >= 11 is 0. The minimum Gasteiger partial charge on any atom is -0.480 e. The number of rotatable bonds is 17. The van der Waals surface area contributed by atoms with E-state index in [9.17, 15) is 33.9 Å². The lowest BCUT2D eigenvalue weighted by atomic mass is 9.98. The van der Waals surface area contributed by atoms with Gasteiger partial charge >= 0.3 is 18.2 Å². The fourth-order valence-corrected chi connectivity index (χ4v) is 8.33. The lowest BCUT2D eigenvalue weighted by Crippen LogP contribution is -2.51. The highest BCUT2D eigenvalue weighted by molar-refractivity contribution is 5.91. The van der Waals surface area contributed by atoms with Crippen LogP contribution in [0.1, 0.15) is 73.6 Å². The normalized spacial score (nSPS) is 15.2. The van der Waals surface area contributed by atoms with E-state index in [1.165, 1.54) is 14.1 Å². The van der Waals surface area contributed by atoms with Crippen LogP contribution in [-0.4, -0.2) is 124 Å². The molecule has 3 aliphatic rings. The third kappa shape index (κ3) is 13.6. The Hall–Kier alpha value is -6.82. The number of nitrogens with two attached hydrogens (primary N) is 1. The second kappa shape index (κ2) is 25.8. The van der Waals surface area contributed by atoms with Crippen LogP contribution in [0.25, 0.3) is 22.3 Å². The number of carboxylic acids is 1. The van der Waals surface area contributed by atoms with E-state index in [0.29, 0.717) is 39.3 Å².